The molecule has 0 saturated carbocycles. The molecule has 13 heteroatoms. The topological polar surface area (TPSA) is 124 Å². The van der Waals surface area contributed by atoms with E-state index in [-0.39, 0.29) is 29.8 Å². The molecule has 4 rings (SSSR count). The number of halogens is 3. The van der Waals surface area contributed by atoms with Gasteiger partial charge >= 0.3 is 6.18 Å². The Morgan fingerprint density at radius 1 is 1.30 bits per heavy atom. The van der Waals surface area contributed by atoms with Gasteiger partial charge in [0.2, 0.25) is 0 Å². The number of nitrogens with one attached hydrogen (secondary N) is 2. The minimum atomic E-state index is -4.65. The van der Waals surface area contributed by atoms with Gasteiger partial charge in [0.15, 0.2) is 17.2 Å². The lowest BCUT2D eigenvalue weighted by molar-refractivity contribution is -0.141. The number of carbonyl (C=O) groups excluding carboxylic acids is 1. The fourth-order valence-corrected chi connectivity index (χ4v) is 4.17. The number of aryl methyl sites for hydroxylation is 1. The van der Waals surface area contributed by atoms with Gasteiger partial charge in [-0.05, 0) is 37.1 Å². The van der Waals surface area contributed by atoms with Crippen LogP contribution in [0.2, 0.25) is 0 Å². The maximum Gasteiger partial charge on any atom is 0.435 e. The summed E-state index contributed by atoms with van der Waals surface area (Å²) in [5.41, 5.74) is 7.06. The average Bonchev–Trinajstić information content (AvgIpc) is 3.53. The maximum atomic E-state index is 13.8. The van der Waals surface area contributed by atoms with E-state index in [1.807, 2.05) is 19.9 Å². The van der Waals surface area contributed by atoms with Crippen molar-refractivity contribution in [2.45, 2.75) is 39.0 Å². The van der Waals surface area contributed by atoms with Crippen molar-refractivity contribution in [2.75, 3.05) is 25.1 Å². The number of alkyl halides is 3. The van der Waals surface area contributed by atoms with E-state index in [9.17, 15) is 18.0 Å². The van der Waals surface area contributed by atoms with Crippen LogP contribution in [0.4, 0.5) is 24.7 Å². The third kappa shape index (κ3) is 6.49. The normalized spacial score (nSPS) is 12.4. The number of hydrogen-bond acceptors (Lipinski definition) is 7. The standard InChI is InChI=1S/C27H31F3N8O2/c1-4-10-37-15-21(23(36-37)27(28,29)30)22-14-34-25-24(32-8-11-38(22)25)35-19-6-7-20(18(5-2)13-19)26(39)33-9-12-40-16-17(3)31/h4,6-8,11,13-15,17H,1,5,9-10,12,16,31H2,2-3H3,(H,32,35)(H,33,39)/t17-/m1/s1. The number of carbonyl (C=O) groups is 1. The molecule has 0 aliphatic rings. The average molecular weight is 557 g/mol. The summed E-state index contributed by atoms with van der Waals surface area (Å²) < 4.78 is 49.4. The molecule has 0 bridgehead atoms. The van der Waals surface area contributed by atoms with E-state index in [1.165, 1.54) is 39.9 Å². The van der Waals surface area contributed by atoms with Crippen molar-refractivity contribution in [2.24, 2.45) is 5.73 Å². The fraction of sp³-hybridized carbons (Fsp3) is 0.333. The Labute approximate surface area is 229 Å². The second-order valence-corrected chi connectivity index (χ2v) is 9.17. The molecule has 0 aliphatic carbocycles. The molecule has 212 valence electrons. The number of imidazole rings is 1. The summed E-state index contributed by atoms with van der Waals surface area (Å²) in [6.07, 6.45) is 3.10. The highest BCUT2D eigenvalue weighted by Crippen LogP contribution is 2.37. The molecule has 10 nitrogen and oxygen atoms in total. The van der Waals surface area contributed by atoms with Gasteiger partial charge in [0.05, 0.1) is 37.2 Å². The Bertz CT molecular complexity index is 1490. The van der Waals surface area contributed by atoms with Gasteiger partial charge in [0.25, 0.3) is 5.91 Å². The highest BCUT2D eigenvalue weighted by atomic mass is 19.4. The van der Waals surface area contributed by atoms with Crippen LogP contribution in [0.1, 0.15) is 35.5 Å². The summed E-state index contributed by atoms with van der Waals surface area (Å²) in [4.78, 5) is 21.4. The zero-order valence-electron chi connectivity index (χ0n) is 22.2. The zero-order valence-corrected chi connectivity index (χ0v) is 22.2. The van der Waals surface area contributed by atoms with E-state index < -0.39 is 11.9 Å². The lowest BCUT2D eigenvalue weighted by Crippen LogP contribution is -2.30. The highest BCUT2D eigenvalue weighted by Gasteiger charge is 2.38. The number of anilines is 2. The predicted octanol–water partition coefficient (Wildman–Crippen LogP) is 4.20. The quantitative estimate of drug-likeness (QED) is 0.177. The first-order chi connectivity index (χ1) is 19.1. The first-order valence-electron chi connectivity index (χ1n) is 12.7. The Kier molecular flexibility index (Phi) is 8.85. The number of hydrogen-bond donors (Lipinski definition) is 3. The molecule has 0 unspecified atom stereocenters. The van der Waals surface area contributed by atoms with Gasteiger partial charge in [0, 0.05) is 42.4 Å². The molecule has 1 atom stereocenters. The Hall–Kier alpha value is -4.23. The molecule has 1 aromatic carbocycles. The number of aromatic nitrogens is 5. The van der Waals surface area contributed by atoms with Crippen molar-refractivity contribution in [3.05, 3.63) is 72.5 Å². The van der Waals surface area contributed by atoms with Gasteiger partial charge in [0.1, 0.15) is 0 Å². The summed E-state index contributed by atoms with van der Waals surface area (Å²) in [6.45, 7) is 8.60. The second-order valence-electron chi connectivity index (χ2n) is 9.17. The van der Waals surface area contributed by atoms with Crippen molar-refractivity contribution in [1.82, 2.24) is 29.5 Å². The Morgan fingerprint density at radius 2 is 2.10 bits per heavy atom. The molecule has 0 spiro atoms. The minimum absolute atomic E-state index is 0.0740. The predicted molar refractivity (Wildman–Crippen MR) is 145 cm³/mol. The molecule has 4 aromatic rings. The molecule has 4 N–H and O–H groups in total. The number of nitrogens with two attached hydrogens (primary N) is 1. The van der Waals surface area contributed by atoms with Gasteiger partial charge in [-0.25, -0.2) is 9.97 Å². The highest BCUT2D eigenvalue weighted by molar-refractivity contribution is 5.96. The first-order valence-corrected chi connectivity index (χ1v) is 12.7. The van der Waals surface area contributed by atoms with Gasteiger partial charge < -0.3 is 21.1 Å². The van der Waals surface area contributed by atoms with Crippen molar-refractivity contribution >= 4 is 23.1 Å². The van der Waals surface area contributed by atoms with E-state index in [2.05, 4.69) is 32.3 Å². The number of fused-ring (bicyclic) bond motifs is 1. The van der Waals surface area contributed by atoms with E-state index in [1.54, 1.807) is 12.1 Å². The second kappa shape index (κ2) is 12.3. The van der Waals surface area contributed by atoms with Gasteiger partial charge in [-0.1, -0.05) is 13.0 Å². The minimum Gasteiger partial charge on any atom is -0.378 e. The molecule has 40 heavy (non-hydrogen) atoms. The lowest BCUT2D eigenvalue weighted by atomic mass is 10.0. The summed E-state index contributed by atoms with van der Waals surface area (Å²) in [5, 5.41) is 9.72. The van der Waals surface area contributed by atoms with E-state index in [0.29, 0.717) is 48.9 Å². The van der Waals surface area contributed by atoms with Crippen LogP contribution in [-0.4, -0.2) is 55.9 Å². The van der Waals surface area contributed by atoms with Crippen molar-refractivity contribution in [3.63, 3.8) is 0 Å². The van der Waals surface area contributed by atoms with E-state index in [4.69, 9.17) is 10.5 Å². The summed E-state index contributed by atoms with van der Waals surface area (Å²) >= 11 is 0. The fourth-order valence-electron chi connectivity index (χ4n) is 4.17. The van der Waals surface area contributed by atoms with Crippen molar-refractivity contribution in [3.8, 4) is 11.3 Å². The maximum absolute atomic E-state index is 13.8. The van der Waals surface area contributed by atoms with Crippen LogP contribution in [0.3, 0.4) is 0 Å². The lowest BCUT2D eigenvalue weighted by Gasteiger charge is -2.13. The summed E-state index contributed by atoms with van der Waals surface area (Å²) in [6, 6.07) is 5.20. The van der Waals surface area contributed by atoms with Crippen LogP contribution in [0, 0.1) is 0 Å². The molecule has 0 saturated heterocycles. The number of allylic oxidation sites excluding steroid dienone is 1. The molecule has 3 heterocycles. The summed E-state index contributed by atoms with van der Waals surface area (Å²) in [7, 11) is 0. The number of amides is 1. The molecular formula is C27H31F3N8O2. The third-order valence-corrected chi connectivity index (χ3v) is 5.96. The van der Waals surface area contributed by atoms with Crippen LogP contribution in [0.5, 0.6) is 0 Å². The number of rotatable bonds is 12. The van der Waals surface area contributed by atoms with Crippen LogP contribution in [-0.2, 0) is 23.9 Å². The number of nitrogens with zero attached hydrogens (tertiary/aromatic N) is 5. The van der Waals surface area contributed by atoms with Crippen molar-refractivity contribution < 1.29 is 22.7 Å². The molecule has 0 radical (unpaired) electrons. The molecule has 3 aromatic heterocycles. The largest absolute Gasteiger partial charge is 0.435 e. The first kappa shape index (κ1) is 28.8. The van der Waals surface area contributed by atoms with Gasteiger partial charge in [-0.15, -0.1) is 6.58 Å². The molecule has 0 fully saturated rings. The molecule has 0 aliphatic heterocycles. The smallest absolute Gasteiger partial charge is 0.378 e. The number of benzene rings is 1. The van der Waals surface area contributed by atoms with E-state index >= 15 is 0 Å². The van der Waals surface area contributed by atoms with Gasteiger partial charge in [-0.3, -0.25) is 13.9 Å². The SMILES string of the molecule is C=CCn1cc(-c2cnc3c(Nc4ccc(C(=O)NCCOC[C@@H](C)N)c(CC)c4)nccn23)c(C(F)(F)F)n1. The molecule has 1 amide bonds. The van der Waals surface area contributed by atoms with Crippen LogP contribution in [0.15, 0.2) is 55.6 Å². The van der Waals surface area contributed by atoms with Crippen molar-refractivity contribution in [1.29, 1.82) is 0 Å². The molecular weight excluding hydrogens is 525 g/mol. The Morgan fingerprint density at radius 3 is 2.80 bits per heavy atom. The number of ether oxygens (including phenoxy) is 1. The summed E-state index contributed by atoms with van der Waals surface area (Å²) in [5.74, 6) is 0.120. The zero-order chi connectivity index (χ0) is 28.9. The van der Waals surface area contributed by atoms with Gasteiger partial charge in [-0.2, -0.15) is 18.3 Å². The van der Waals surface area contributed by atoms with Crippen LogP contribution < -0.4 is 16.4 Å². The monoisotopic (exact) mass is 556 g/mol. The van der Waals surface area contributed by atoms with Crippen LogP contribution >= 0.6 is 0 Å². The van der Waals surface area contributed by atoms with E-state index in [0.717, 1.165) is 5.56 Å². The van der Waals surface area contributed by atoms with Crippen LogP contribution in [0.25, 0.3) is 16.9 Å². The Balaban J connectivity index is 1.57. The third-order valence-electron chi connectivity index (χ3n) is 5.96.